The summed E-state index contributed by atoms with van der Waals surface area (Å²) in [5.41, 5.74) is 6.52. The number of rotatable bonds is 0. The van der Waals surface area contributed by atoms with Crippen LogP contribution >= 0.6 is 11.6 Å². The number of fused-ring (bicyclic) bond motifs is 8. The van der Waals surface area contributed by atoms with Crippen LogP contribution in [0.5, 0.6) is 0 Å². The first-order chi connectivity index (χ1) is 10.9. The molecule has 0 aromatic heterocycles. The van der Waals surface area contributed by atoms with Gasteiger partial charge in [-0.05, 0) is 58.8 Å². The molecule has 3 aliphatic rings. The Balaban J connectivity index is 1.92. The van der Waals surface area contributed by atoms with Crippen molar-refractivity contribution in [3.8, 4) is 11.1 Å². The summed E-state index contributed by atoms with van der Waals surface area (Å²) in [6.07, 6.45) is 3.98. The second-order valence-electron chi connectivity index (χ2n) is 8.61. The third-order valence-electron chi connectivity index (χ3n) is 8.06. The molecule has 0 N–H and O–H groups in total. The third-order valence-corrected chi connectivity index (χ3v) is 8.37. The highest BCUT2D eigenvalue weighted by Crippen LogP contribution is 2.78. The average Bonchev–Trinajstić information content (AvgIpc) is 3.01. The zero-order valence-corrected chi connectivity index (χ0v) is 14.9. The van der Waals surface area contributed by atoms with Gasteiger partial charge in [0.2, 0.25) is 0 Å². The Bertz CT molecular complexity index is 834. The van der Waals surface area contributed by atoms with Crippen LogP contribution < -0.4 is 0 Å². The van der Waals surface area contributed by atoms with Crippen molar-refractivity contribution < 1.29 is 0 Å². The summed E-state index contributed by atoms with van der Waals surface area (Å²) in [6.45, 7) is 7.56. The van der Waals surface area contributed by atoms with E-state index >= 15 is 0 Å². The summed E-state index contributed by atoms with van der Waals surface area (Å²) in [7, 11) is 0. The molecule has 3 unspecified atom stereocenters. The van der Waals surface area contributed by atoms with E-state index in [4.69, 9.17) is 11.6 Å². The smallest absolute Gasteiger partial charge is 0.0487 e. The van der Waals surface area contributed by atoms with Crippen molar-refractivity contribution in [2.24, 2.45) is 16.7 Å². The zero-order valence-electron chi connectivity index (χ0n) is 14.1. The predicted octanol–water partition coefficient (Wildman–Crippen LogP) is 6.45. The Morgan fingerprint density at radius 2 is 1.70 bits per heavy atom. The molecule has 23 heavy (non-hydrogen) atoms. The van der Waals surface area contributed by atoms with E-state index in [2.05, 4.69) is 63.2 Å². The second kappa shape index (κ2) is 4.03. The van der Waals surface area contributed by atoms with Crippen molar-refractivity contribution in [2.45, 2.75) is 45.4 Å². The second-order valence-corrected chi connectivity index (χ2v) is 9.01. The van der Waals surface area contributed by atoms with E-state index in [1.807, 2.05) is 0 Å². The topological polar surface area (TPSA) is 0 Å². The van der Waals surface area contributed by atoms with E-state index in [9.17, 15) is 0 Å². The summed E-state index contributed by atoms with van der Waals surface area (Å²) < 4.78 is 0. The number of halogens is 1. The summed E-state index contributed by atoms with van der Waals surface area (Å²) in [4.78, 5) is 0. The number of hydrogen-bond acceptors (Lipinski definition) is 0. The van der Waals surface area contributed by atoms with Crippen LogP contribution in [0.3, 0.4) is 0 Å². The van der Waals surface area contributed by atoms with Crippen LogP contribution in [0.1, 0.15) is 51.2 Å². The minimum absolute atomic E-state index is 0.149. The molecule has 1 spiro atoms. The molecule has 118 valence electrons. The lowest BCUT2D eigenvalue weighted by Gasteiger charge is -2.48. The van der Waals surface area contributed by atoms with Crippen LogP contribution in [0.15, 0.2) is 42.5 Å². The van der Waals surface area contributed by atoms with E-state index in [0.717, 1.165) is 10.9 Å². The summed E-state index contributed by atoms with van der Waals surface area (Å²) in [5, 5.41) is 0.913. The first-order valence-electron chi connectivity index (χ1n) is 8.82. The van der Waals surface area contributed by atoms with Crippen molar-refractivity contribution in [3.05, 3.63) is 58.6 Å². The average molecular weight is 323 g/mol. The van der Waals surface area contributed by atoms with Gasteiger partial charge in [0.1, 0.15) is 0 Å². The highest BCUT2D eigenvalue weighted by Gasteiger charge is 2.71. The van der Waals surface area contributed by atoms with Gasteiger partial charge in [0.15, 0.2) is 0 Å². The maximum atomic E-state index is 6.68. The predicted molar refractivity (Wildman–Crippen MR) is 96.9 cm³/mol. The van der Waals surface area contributed by atoms with E-state index < -0.39 is 0 Å². The first-order valence-corrected chi connectivity index (χ1v) is 9.20. The van der Waals surface area contributed by atoms with Crippen molar-refractivity contribution in [3.63, 3.8) is 0 Å². The fraction of sp³-hybridized carbons (Fsp3) is 0.455. The SMILES string of the molecule is CC1(C)C2CCC1(C)C1(C2)c2ccccc2-c2c(Cl)cccc21. The largest absolute Gasteiger partial charge is 0.0837 e. The molecule has 2 fully saturated rings. The molecule has 0 heterocycles. The lowest BCUT2D eigenvalue weighted by atomic mass is 9.55. The third kappa shape index (κ3) is 1.30. The fourth-order valence-electron chi connectivity index (χ4n) is 6.50. The van der Waals surface area contributed by atoms with Crippen LogP contribution in [-0.2, 0) is 5.41 Å². The molecule has 0 nitrogen and oxygen atoms in total. The van der Waals surface area contributed by atoms with Crippen molar-refractivity contribution in [2.75, 3.05) is 0 Å². The summed E-state index contributed by atoms with van der Waals surface area (Å²) in [5.74, 6) is 0.811. The highest BCUT2D eigenvalue weighted by molar-refractivity contribution is 6.33. The van der Waals surface area contributed by atoms with E-state index in [-0.39, 0.29) is 5.41 Å². The first kappa shape index (κ1) is 14.1. The van der Waals surface area contributed by atoms with Gasteiger partial charge in [-0.3, -0.25) is 0 Å². The van der Waals surface area contributed by atoms with Gasteiger partial charge in [0.25, 0.3) is 0 Å². The Labute approximate surface area is 143 Å². The zero-order chi connectivity index (χ0) is 16.0. The van der Waals surface area contributed by atoms with Crippen LogP contribution in [-0.4, -0.2) is 0 Å². The lowest BCUT2D eigenvalue weighted by molar-refractivity contribution is 0.0990. The van der Waals surface area contributed by atoms with Gasteiger partial charge >= 0.3 is 0 Å². The van der Waals surface area contributed by atoms with E-state index in [1.165, 1.54) is 41.5 Å². The summed E-state index contributed by atoms with van der Waals surface area (Å²) in [6, 6.07) is 15.6. The molecule has 2 bridgehead atoms. The van der Waals surface area contributed by atoms with Crippen LogP contribution in [0.2, 0.25) is 5.02 Å². The summed E-state index contributed by atoms with van der Waals surface area (Å²) >= 11 is 6.68. The minimum atomic E-state index is 0.149. The van der Waals surface area contributed by atoms with Crippen molar-refractivity contribution >= 4 is 11.6 Å². The molecule has 0 amide bonds. The highest BCUT2D eigenvalue weighted by atomic mass is 35.5. The van der Waals surface area contributed by atoms with E-state index in [1.54, 1.807) is 0 Å². The van der Waals surface area contributed by atoms with Gasteiger partial charge in [-0.2, -0.15) is 0 Å². The molecule has 1 heteroatoms. The number of hydrogen-bond donors (Lipinski definition) is 0. The van der Waals surface area contributed by atoms with Crippen molar-refractivity contribution in [1.29, 1.82) is 0 Å². The molecular formula is C22H23Cl. The monoisotopic (exact) mass is 322 g/mol. The van der Waals surface area contributed by atoms with Crippen LogP contribution in [0, 0.1) is 16.7 Å². The van der Waals surface area contributed by atoms with Gasteiger partial charge in [0, 0.05) is 16.0 Å². The van der Waals surface area contributed by atoms with Crippen LogP contribution in [0.25, 0.3) is 11.1 Å². The fourth-order valence-corrected chi connectivity index (χ4v) is 6.77. The molecule has 0 saturated heterocycles. The molecule has 0 aliphatic heterocycles. The lowest BCUT2D eigenvalue weighted by Crippen LogP contribution is -2.44. The van der Waals surface area contributed by atoms with E-state index in [0.29, 0.717) is 10.8 Å². The molecule has 3 atom stereocenters. The Morgan fingerprint density at radius 3 is 2.39 bits per heavy atom. The van der Waals surface area contributed by atoms with Gasteiger partial charge in [-0.25, -0.2) is 0 Å². The molecular weight excluding hydrogens is 300 g/mol. The Kier molecular flexibility index (Phi) is 2.47. The van der Waals surface area contributed by atoms with Gasteiger partial charge in [-0.15, -0.1) is 0 Å². The normalized spacial score (nSPS) is 35.6. The number of benzene rings is 2. The standard InChI is InChI=1S/C22H23Cl/c1-20(2)14-11-12-21(20,3)22(13-14)16-8-5-4-7-15(16)19-17(22)9-6-10-18(19)23/h4-10,14H,11-13H2,1-3H3. The van der Waals surface area contributed by atoms with Gasteiger partial charge < -0.3 is 0 Å². The molecule has 2 aromatic rings. The molecule has 5 rings (SSSR count). The Morgan fingerprint density at radius 1 is 0.957 bits per heavy atom. The minimum Gasteiger partial charge on any atom is -0.0837 e. The molecule has 2 aromatic carbocycles. The molecule has 2 saturated carbocycles. The van der Waals surface area contributed by atoms with Crippen molar-refractivity contribution in [1.82, 2.24) is 0 Å². The quantitative estimate of drug-likeness (QED) is 0.522. The maximum Gasteiger partial charge on any atom is 0.0487 e. The maximum absolute atomic E-state index is 6.68. The Hall–Kier alpha value is -1.27. The van der Waals surface area contributed by atoms with Crippen LogP contribution in [0.4, 0.5) is 0 Å². The molecule has 0 radical (unpaired) electrons. The van der Waals surface area contributed by atoms with Gasteiger partial charge in [0.05, 0.1) is 0 Å². The molecule has 3 aliphatic carbocycles. The van der Waals surface area contributed by atoms with Gasteiger partial charge in [-0.1, -0.05) is 68.8 Å².